The summed E-state index contributed by atoms with van der Waals surface area (Å²) < 4.78 is 17.7. The number of nitrogens with two attached hydrogens (primary N) is 1. The lowest BCUT2D eigenvalue weighted by molar-refractivity contribution is 0.619. The third-order valence-corrected chi connectivity index (χ3v) is 5.00. The van der Waals surface area contributed by atoms with E-state index >= 15 is 0 Å². The fourth-order valence-electron chi connectivity index (χ4n) is 3.55. The van der Waals surface area contributed by atoms with Crippen molar-refractivity contribution in [3.63, 3.8) is 0 Å². The van der Waals surface area contributed by atoms with Crippen molar-refractivity contribution in [3.05, 3.63) is 66.5 Å². The van der Waals surface area contributed by atoms with Crippen molar-refractivity contribution in [3.8, 4) is 22.5 Å². The van der Waals surface area contributed by atoms with Gasteiger partial charge in [0.15, 0.2) is 11.5 Å². The monoisotopic (exact) mass is 372 g/mol. The summed E-state index contributed by atoms with van der Waals surface area (Å²) >= 11 is 0. The van der Waals surface area contributed by atoms with Crippen molar-refractivity contribution in [2.24, 2.45) is 7.05 Å². The van der Waals surface area contributed by atoms with Crippen molar-refractivity contribution in [2.45, 2.75) is 6.92 Å². The van der Waals surface area contributed by atoms with Crippen LogP contribution in [0.1, 0.15) is 5.56 Å². The molecule has 7 heteroatoms. The summed E-state index contributed by atoms with van der Waals surface area (Å²) in [5.41, 5.74) is 12.5. The number of hydrogen-bond donors (Lipinski definition) is 1. The minimum atomic E-state index is -0.252. The smallest absolute Gasteiger partial charge is 0.180 e. The van der Waals surface area contributed by atoms with Crippen molar-refractivity contribution in [1.29, 1.82) is 0 Å². The van der Waals surface area contributed by atoms with E-state index in [0.717, 1.165) is 27.9 Å². The maximum atomic E-state index is 13.8. The van der Waals surface area contributed by atoms with E-state index < -0.39 is 0 Å². The molecular weight excluding hydrogens is 355 g/mol. The molecule has 2 aromatic carbocycles. The molecule has 0 radical (unpaired) electrons. The SMILES string of the molecule is Cc1cc(-c2nc(N)c3nccn3c2-c2ccc3ncn(C)c3c2)ccc1F. The van der Waals surface area contributed by atoms with E-state index in [2.05, 4.69) is 21.0 Å². The van der Waals surface area contributed by atoms with Crippen LogP contribution in [0.5, 0.6) is 0 Å². The van der Waals surface area contributed by atoms with E-state index in [9.17, 15) is 4.39 Å². The fraction of sp³-hybridized carbons (Fsp3) is 0.0952. The van der Waals surface area contributed by atoms with Crippen molar-refractivity contribution >= 4 is 22.5 Å². The average Bonchev–Trinajstić information content (AvgIpc) is 3.31. The first-order valence-corrected chi connectivity index (χ1v) is 8.83. The van der Waals surface area contributed by atoms with Crippen LogP contribution < -0.4 is 5.73 Å². The third kappa shape index (κ3) is 2.36. The average molecular weight is 372 g/mol. The predicted octanol–water partition coefficient (Wildman–Crippen LogP) is 3.98. The number of imidazole rings is 2. The highest BCUT2D eigenvalue weighted by Crippen LogP contribution is 2.34. The van der Waals surface area contributed by atoms with Gasteiger partial charge in [0.2, 0.25) is 0 Å². The molecule has 0 aliphatic carbocycles. The first-order chi connectivity index (χ1) is 13.5. The lowest BCUT2D eigenvalue weighted by atomic mass is 10.0. The summed E-state index contributed by atoms with van der Waals surface area (Å²) in [5.74, 6) is 0.0747. The molecule has 0 saturated heterocycles. The molecule has 2 N–H and O–H groups in total. The summed E-state index contributed by atoms with van der Waals surface area (Å²) in [6.45, 7) is 1.74. The highest BCUT2D eigenvalue weighted by molar-refractivity contribution is 5.88. The molecule has 0 aliphatic rings. The zero-order valence-electron chi connectivity index (χ0n) is 15.4. The quantitative estimate of drug-likeness (QED) is 0.509. The minimum Gasteiger partial charge on any atom is -0.381 e. The van der Waals surface area contributed by atoms with Gasteiger partial charge in [0, 0.05) is 30.6 Å². The Morgan fingerprint density at radius 2 is 1.86 bits per heavy atom. The molecule has 3 aromatic heterocycles. The van der Waals surface area contributed by atoms with Crippen LogP contribution in [0.4, 0.5) is 10.2 Å². The van der Waals surface area contributed by atoms with Gasteiger partial charge in [-0.2, -0.15) is 0 Å². The van der Waals surface area contributed by atoms with Crippen LogP contribution >= 0.6 is 0 Å². The second-order valence-electron chi connectivity index (χ2n) is 6.84. The molecule has 0 atom stereocenters. The third-order valence-electron chi connectivity index (χ3n) is 5.00. The molecule has 28 heavy (non-hydrogen) atoms. The highest BCUT2D eigenvalue weighted by Gasteiger charge is 2.18. The molecule has 0 bridgehead atoms. The van der Waals surface area contributed by atoms with Crippen LogP contribution in [0.25, 0.3) is 39.2 Å². The number of nitrogens with zero attached hydrogens (tertiary/aromatic N) is 5. The van der Waals surface area contributed by atoms with Crippen molar-refractivity contribution < 1.29 is 4.39 Å². The van der Waals surface area contributed by atoms with Crippen molar-refractivity contribution in [1.82, 2.24) is 23.9 Å². The number of rotatable bonds is 2. The van der Waals surface area contributed by atoms with Gasteiger partial charge in [-0.3, -0.25) is 4.40 Å². The molecule has 0 fully saturated rings. The Bertz CT molecular complexity index is 1360. The van der Waals surface area contributed by atoms with Crippen LogP contribution in [0, 0.1) is 12.7 Å². The second-order valence-corrected chi connectivity index (χ2v) is 6.84. The van der Waals surface area contributed by atoms with Gasteiger partial charge in [-0.05, 0) is 42.8 Å². The molecule has 0 saturated carbocycles. The van der Waals surface area contributed by atoms with E-state index in [-0.39, 0.29) is 5.82 Å². The van der Waals surface area contributed by atoms with E-state index in [0.29, 0.717) is 22.7 Å². The number of benzene rings is 2. The zero-order chi connectivity index (χ0) is 19.4. The van der Waals surface area contributed by atoms with Gasteiger partial charge in [-0.15, -0.1) is 0 Å². The molecule has 0 unspecified atom stereocenters. The van der Waals surface area contributed by atoms with Crippen LogP contribution in [0.3, 0.4) is 0 Å². The Morgan fingerprint density at radius 3 is 2.68 bits per heavy atom. The van der Waals surface area contributed by atoms with Crippen molar-refractivity contribution in [2.75, 3.05) is 5.73 Å². The first kappa shape index (κ1) is 16.4. The lowest BCUT2D eigenvalue weighted by Gasteiger charge is -2.14. The standard InChI is InChI=1S/C21H17FN6/c1-12-9-13(3-5-15(12)22)18-19(28-8-7-24-21(28)20(23)26-18)14-4-6-16-17(10-14)27(2)11-25-16/h3-11H,1-2H3,(H2,23,26). The van der Waals surface area contributed by atoms with Crippen LogP contribution in [0.2, 0.25) is 0 Å². The van der Waals surface area contributed by atoms with Gasteiger partial charge in [0.05, 0.1) is 28.7 Å². The maximum Gasteiger partial charge on any atom is 0.180 e. The summed E-state index contributed by atoms with van der Waals surface area (Å²) in [7, 11) is 1.96. The fourth-order valence-corrected chi connectivity index (χ4v) is 3.55. The molecule has 6 nitrogen and oxygen atoms in total. The normalized spacial score (nSPS) is 11.5. The van der Waals surface area contributed by atoms with E-state index in [1.807, 2.05) is 34.3 Å². The predicted molar refractivity (Wildman–Crippen MR) is 107 cm³/mol. The number of hydrogen-bond acceptors (Lipinski definition) is 4. The van der Waals surface area contributed by atoms with E-state index in [1.165, 1.54) is 6.07 Å². The Kier molecular flexibility index (Phi) is 3.45. The first-order valence-electron chi connectivity index (χ1n) is 8.83. The zero-order valence-corrected chi connectivity index (χ0v) is 15.4. The van der Waals surface area contributed by atoms with Gasteiger partial charge in [0.1, 0.15) is 5.82 Å². The molecule has 3 heterocycles. The molecule has 0 aliphatic heterocycles. The lowest BCUT2D eigenvalue weighted by Crippen LogP contribution is -2.04. The topological polar surface area (TPSA) is 74.0 Å². The number of anilines is 1. The van der Waals surface area contributed by atoms with Gasteiger partial charge in [0.25, 0.3) is 0 Å². The Morgan fingerprint density at radius 1 is 1.04 bits per heavy atom. The summed E-state index contributed by atoms with van der Waals surface area (Å²) in [5, 5.41) is 0. The molecule has 138 valence electrons. The number of fused-ring (bicyclic) bond motifs is 2. The number of halogens is 1. The summed E-state index contributed by atoms with van der Waals surface area (Å²) in [6.07, 6.45) is 5.34. The molecule has 0 spiro atoms. The maximum absolute atomic E-state index is 13.8. The largest absolute Gasteiger partial charge is 0.381 e. The van der Waals surface area contributed by atoms with E-state index in [4.69, 9.17) is 5.73 Å². The van der Waals surface area contributed by atoms with Gasteiger partial charge in [-0.25, -0.2) is 19.3 Å². The summed E-state index contributed by atoms with van der Waals surface area (Å²) in [4.78, 5) is 13.4. The number of nitrogen functional groups attached to an aromatic ring is 1. The second kappa shape index (κ2) is 5.88. The minimum absolute atomic E-state index is 0.252. The molecule has 5 rings (SSSR count). The highest BCUT2D eigenvalue weighted by atomic mass is 19.1. The molecule has 0 amide bonds. The van der Waals surface area contributed by atoms with Gasteiger partial charge >= 0.3 is 0 Å². The Balaban J connectivity index is 1.87. The van der Waals surface area contributed by atoms with Gasteiger partial charge in [-0.1, -0.05) is 6.07 Å². The van der Waals surface area contributed by atoms with Gasteiger partial charge < -0.3 is 10.3 Å². The summed E-state index contributed by atoms with van der Waals surface area (Å²) in [6, 6.07) is 11.0. The Hall–Kier alpha value is -3.74. The number of aromatic nitrogens is 5. The number of aryl methyl sites for hydroxylation is 2. The van der Waals surface area contributed by atoms with Crippen LogP contribution in [-0.4, -0.2) is 23.9 Å². The van der Waals surface area contributed by atoms with Crippen LogP contribution in [-0.2, 0) is 7.05 Å². The Labute approximate surface area is 160 Å². The van der Waals surface area contributed by atoms with Crippen LogP contribution in [0.15, 0.2) is 55.1 Å². The molecular formula is C21H17FN6. The van der Waals surface area contributed by atoms with E-state index in [1.54, 1.807) is 31.6 Å². The molecule has 5 aromatic rings.